The van der Waals surface area contributed by atoms with E-state index in [0.29, 0.717) is 22.6 Å². The average Bonchev–Trinajstić information content (AvgIpc) is 2.33. The smallest absolute Gasteiger partial charge is 0.161 e. The van der Waals surface area contributed by atoms with Crippen molar-refractivity contribution in [3.63, 3.8) is 0 Å². The first-order valence-corrected chi connectivity index (χ1v) is 7.03. The van der Waals surface area contributed by atoms with Gasteiger partial charge in [-0.3, -0.25) is 0 Å². The predicted octanol–water partition coefficient (Wildman–Crippen LogP) is 4.11. The van der Waals surface area contributed by atoms with Gasteiger partial charge in [-0.1, -0.05) is 25.4 Å². The lowest BCUT2D eigenvalue weighted by molar-refractivity contribution is 0.810. The minimum Gasteiger partial charge on any atom is -0.383 e. The van der Waals surface area contributed by atoms with Crippen molar-refractivity contribution < 1.29 is 0 Å². The van der Waals surface area contributed by atoms with Crippen LogP contribution in [0.15, 0.2) is 24.3 Å². The van der Waals surface area contributed by atoms with Gasteiger partial charge in [-0.2, -0.15) is 0 Å². The van der Waals surface area contributed by atoms with Gasteiger partial charge in [0.2, 0.25) is 0 Å². The fraction of sp³-hybridized carbons (Fsp3) is 0.231. The summed E-state index contributed by atoms with van der Waals surface area (Å²) in [6.45, 7) is 4.19. The molecular formula is C13H13ClIN3. The number of nitrogens with two attached hydrogens (primary N) is 1. The normalized spacial score (nSPS) is 10.9. The van der Waals surface area contributed by atoms with Gasteiger partial charge in [0, 0.05) is 10.6 Å². The largest absolute Gasteiger partial charge is 0.383 e. The summed E-state index contributed by atoms with van der Waals surface area (Å²) in [4.78, 5) is 8.92. The number of hydrogen-bond donors (Lipinski definition) is 1. The minimum atomic E-state index is 0.313. The number of anilines is 1. The lowest BCUT2D eigenvalue weighted by Crippen LogP contribution is -2.06. The zero-order chi connectivity index (χ0) is 13.3. The highest BCUT2D eigenvalue weighted by Crippen LogP contribution is 2.27. The van der Waals surface area contributed by atoms with Gasteiger partial charge < -0.3 is 5.73 Å². The zero-order valence-corrected chi connectivity index (χ0v) is 13.0. The number of nitrogen functional groups attached to an aromatic ring is 1. The van der Waals surface area contributed by atoms with Crippen molar-refractivity contribution in [1.82, 2.24) is 9.97 Å². The van der Waals surface area contributed by atoms with Gasteiger partial charge >= 0.3 is 0 Å². The highest BCUT2D eigenvalue weighted by Gasteiger charge is 2.13. The third-order valence-electron chi connectivity index (χ3n) is 2.55. The predicted molar refractivity (Wildman–Crippen MR) is 83.7 cm³/mol. The zero-order valence-electron chi connectivity index (χ0n) is 10.1. The van der Waals surface area contributed by atoms with Gasteiger partial charge in [-0.05, 0) is 52.8 Å². The van der Waals surface area contributed by atoms with Gasteiger partial charge in [0.1, 0.15) is 5.82 Å². The molecule has 1 aromatic carbocycles. The van der Waals surface area contributed by atoms with E-state index in [1.54, 1.807) is 0 Å². The molecule has 18 heavy (non-hydrogen) atoms. The van der Waals surface area contributed by atoms with Crippen LogP contribution < -0.4 is 5.73 Å². The number of halogens is 2. The Morgan fingerprint density at radius 3 is 2.33 bits per heavy atom. The molecule has 0 saturated carbocycles. The summed E-state index contributed by atoms with van der Waals surface area (Å²) >= 11 is 8.06. The standard InChI is InChI=1S/C13H13ClIN3/c1-7(2)11-10(15)12(16)18-13(17-11)8-3-5-9(14)6-4-8/h3-7H,1-2H3,(H2,16,17,18). The molecule has 2 aromatic rings. The first-order chi connectivity index (χ1) is 8.49. The van der Waals surface area contributed by atoms with E-state index in [1.807, 2.05) is 24.3 Å². The molecule has 0 radical (unpaired) electrons. The molecule has 0 saturated heterocycles. The minimum absolute atomic E-state index is 0.313. The lowest BCUT2D eigenvalue weighted by Gasteiger charge is -2.11. The van der Waals surface area contributed by atoms with E-state index < -0.39 is 0 Å². The molecule has 0 aliphatic carbocycles. The molecular weight excluding hydrogens is 361 g/mol. The molecule has 2 N–H and O–H groups in total. The van der Waals surface area contributed by atoms with Crippen molar-refractivity contribution in [2.75, 3.05) is 5.73 Å². The quantitative estimate of drug-likeness (QED) is 0.806. The summed E-state index contributed by atoms with van der Waals surface area (Å²) in [6.07, 6.45) is 0. The van der Waals surface area contributed by atoms with Crippen LogP contribution in [0, 0.1) is 3.57 Å². The Morgan fingerprint density at radius 2 is 1.78 bits per heavy atom. The van der Waals surface area contributed by atoms with E-state index in [2.05, 4.69) is 46.4 Å². The summed E-state index contributed by atoms with van der Waals surface area (Å²) in [6, 6.07) is 7.44. The van der Waals surface area contributed by atoms with Crippen molar-refractivity contribution in [1.29, 1.82) is 0 Å². The maximum atomic E-state index is 5.94. The van der Waals surface area contributed by atoms with Gasteiger partial charge in [0.25, 0.3) is 0 Å². The third kappa shape index (κ3) is 2.75. The van der Waals surface area contributed by atoms with Crippen LogP contribution in [-0.4, -0.2) is 9.97 Å². The van der Waals surface area contributed by atoms with Crippen molar-refractivity contribution in [3.05, 3.63) is 38.6 Å². The summed E-state index contributed by atoms with van der Waals surface area (Å²) in [5.74, 6) is 1.49. The Morgan fingerprint density at radius 1 is 1.17 bits per heavy atom. The van der Waals surface area contributed by atoms with Crippen LogP contribution in [0.3, 0.4) is 0 Å². The summed E-state index contributed by atoms with van der Waals surface area (Å²) in [5, 5.41) is 0.696. The second-order valence-corrected chi connectivity index (χ2v) is 5.81. The monoisotopic (exact) mass is 373 g/mol. The average molecular weight is 374 g/mol. The number of benzene rings is 1. The van der Waals surface area contributed by atoms with Crippen LogP contribution in [-0.2, 0) is 0 Å². The Labute approximate surface area is 125 Å². The fourth-order valence-corrected chi connectivity index (χ4v) is 2.58. The summed E-state index contributed by atoms with van der Waals surface area (Å²) in [5.41, 5.74) is 7.84. The molecule has 0 aliphatic heterocycles. The molecule has 0 aliphatic rings. The molecule has 0 spiro atoms. The molecule has 0 bridgehead atoms. The molecule has 0 atom stereocenters. The molecule has 3 nitrogen and oxygen atoms in total. The van der Waals surface area contributed by atoms with Crippen LogP contribution in [0.1, 0.15) is 25.5 Å². The maximum absolute atomic E-state index is 5.94. The molecule has 0 fully saturated rings. The van der Waals surface area contributed by atoms with Crippen molar-refractivity contribution in [2.45, 2.75) is 19.8 Å². The molecule has 0 unspecified atom stereocenters. The Kier molecular flexibility index (Phi) is 4.07. The highest BCUT2D eigenvalue weighted by molar-refractivity contribution is 14.1. The molecule has 1 heterocycles. The molecule has 94 valence electrons. The topological polar surface area (TPSA) is 51.8 Å². The first kappa shape index (κ1) is 13.5. The molecule has 1 aromatic heterocycles. The molecule has 0 amide bonds. The van der Waals surface area contributed by atoms with E-state index in [-0.39, 0.29) is 0 Å². The molecule has 2 rings (SSSR count). The van der Waals surface area contributed by atoms with E-state index in [4.69, 9.17) is 17.3 Å². The van der Waals surface area contributed by atoms with E-state index in [9.17, 15) is 0 Å². The Balaban J connectivity index is 2.55. The van der Waals surface area contributed by atoms with Gasteiger partial charge in [-0.15, -0.1) is 0 Å². The second kappa shape index (κ2) is 5.40. The lowest BCUT2D eigenvalue weighted by atomic mass is 10.1. The van der Waals surface area contributed by atoms with Crippen LogP contribution in [0.25, 0.3) is 11.4 Å². The number of hydrogen-bond acceptors (Lipinski definition) is 3. The van der Waals surface area contributed by atoms with Crippen LogP contribution in [0.2, 0.25) is 5.02 Å². The van der Waals surface area contributed by atoms with Crippen LogP contribution >= 0.6 is 34.2 Å². The number of aromatic nitrogens is 2. The van der Waals surface area contributed by atoms with Crippen molar-refractivity contribution >= 4 is 40.0 Å². The Bertz CT molecular complexity index is 567. The van der Waals surface area contributed by atoms with Gasteiger partial charge in [-0.25, -0.2) is 9.97 Å². The van der Waals surface area contributed by atoms with E-state index >= 15 is 0 Å². The Hall–Kier alpha value is -0.880. The van der Waals surface area contributed by atoms with E-state index in [0.717, 1.165) is 14.8 Å². The SMILES string of the molecule is CC(C)c1nc(-c2ccc(Cl)cc2)nc(N)c1I. The van der Waals surface area contributed by atoms with Crippen LogP contribution in [0.4, 0.5) is 5.82 Å². The molecule has 5 heteroatoms. The summed E-state index contributed by atoms with van der Waals surface area (Å²) in [7, 11) is 0. The highest BCUT2D eigenvalue weighted by atomic mass is 127. The van der Waals surface area contributed by atoms with E-state index in [1.165, 1.54) is 0 Å². The summed E-state index contributed by atoms with van der Waals surface area (Å²) < 4.78 is 0.931. The third-order valence-corrected chi connectivity index (χ3v) is 3.91. The number of nitrogens with zero attached hydrogens (tertiary/aromatic N) is 2. The van der Waals surface area contributed by atoms with Crippen molar-refractivity contribution in [2.24, 2.45) is 0 Å². The van der Waals surface area contributed by atoms with Crippen molar-refractivity contribution in [3.8, 4) is 11.4 Å². The maximum Gasteiger partial charge on any atom is 0.161 e. The van der Waals surface area contributed by atoms with Gasteiger partial charge in [0.05, 0.1) is 9.26 Å². The first-order valence-electron chi connectivity index (χ1n) is 5.58. The fourth-order valence-electron chi connectivity index (χ4n) is 1.59. The van der Waals surface area contributed by atoms with Gasteiger partial charge in [0.15, 0.2) is 5.82 Å². The second-order valence-electron chi connectivity index (χ2n) is 4.29. The van der Waals surface area contributed by atoms with Crippen LogP contribution in [0.5, 0.6) is 0 Å². The number of rotatable bonds is 2.